The number of benzene rings is 2. The van der Waals surface area contributed by atoms with Crippen LogP contribution < -0.4 is 4.90 Å². The predicted octanol–water partition coefficient (Wildman–Crippen LogP) is 5.46. The minimum absolute atomic E-state index is 0.0498. The molecule has 1 aliphatic rings. The van der Waals surface area contributed by atoms with Crippen molar-refractivity contribution in [3.63, 3.8) is 0 Å². The molecule has 1 amide bonds. The highest BCUT2D eigenvalue weighted by Gasteiger charge is 2.41. The van der Waals surface area contributed by atoms with Gasteiger partial charge in [0.15, 0.2) is 4.32 Å². The van der Waals surface area contributed by atoms with Gasteiger partial charge in [-0.3, -0.25) is 9.69 Å². The molecule has 0 bridgehead atoms. The summed E-state index contributed by atoms with van der Waals surface area (Å²) in [6.45, 7) is 0. The number of carboxylic acid groups (broad SMARTS) is 1. The lowest BCUT2D eigenvalue weighted by Gasteiger charge is -2.20. The van der Waals surface area contributed by atoms with E-state index in [9.17, 15) is 22.8 Å². The van der Waals surface area contributed by atoms with Gasteiger partial charge in [0.2, 0.25) is 0 Å². The van der Waals surface area contributed by atoms with Gasteiger partial charge in [-0.15, -0.1) is 0 Å². The first kappa shape index (κ1) is 20.4. The van der Waals surface area contributed by atoms with E-state index < -0.39 is 29.3 Å². The van der Waals surface area contributed by atoms with Crippen molar-refractivity contribution in [1.29, 1.82) is 0 Å². The topological polar surface area (TPSA) is 57.6 Å². The number of nitrogens with zero attached hydrogens (tertiary/aromatic N) is 1. The number of carbonyl (C=O) groups is 2. The van der Waals surface area contributed by atoms with Gasteiger partial charge in [-0.1, -0.05) is 47.7 Å². The summed E-state index contributed by atoms with van der Waals surface area (Å²) in [6.07, 6.45) is -3.28. The van der Waals surface area contributed by atoms with Gasteiger partial charge in [0, 0.05) is 5.02 Å². The largest absolute Gasteiger partial charge is 0.478 e. The average molecular weight is 444 g/mol. The molecule has 4 nitrogen and oxygen atoms in total. The van der Waals surface area contributed by atoms with E-state index >= 15 is 0 Å². The summed E-state index contributed by atoms with van der Waals surface area (Å²) in [5.41, 5.74) is -0.884. The smallest absolute Gasteiger partial charge is 0.418 e. The van der Waals surface area contributed by atoms with Gasteiger partial charge in [0.05, 0.1) is 21.7 Å². The molecule has 28 heavy (non-hydrogen) atoms. The van der Waals surface area contributed by atoms with E-state index in [1.165, 1.54) is 36.4 Å². The monoisotopic (exact) mass is 443 g/mol. The van der Waals surface area contributed by atoms with Gasteiger partial charge in [-0.05, 0) is 42.0 Å². The summed E-state index contributed by atoms with van der Waals surface area (Å²) < 4.78 is 40.1. The van der Waals surface area contributed by atoms with Crippen molar-refractivity contribution >= 4 is 63.5 Å². The molecule has 1 heterocycles. The van der Waals surface area contributed by atoms with Crippen LogP contribution in [0.2, 0.25) is 5.02 Å². The third kappa shape index (κ3) is 4.06. The molecule has 0 atom stereocenters. The van der Waals surface area contributed by atoms with Crippen LogP contribution in [0.1, 0.15) is 21.5 Å². The van der Waals surface area contributed by atoms with Crippen LogP contribution in [-0.2, 0) is 11.0 Å². The average Bonchev–Trinajstić information content (AvgIpc) is 2.88. The second-order valence-electron chi connectivity index (χ2n) is 5.60. The Labute approximate surface area is 171 Å². The van der Waals surface area contributed by atoms with Crippen molar-refractivity contribution in [3.05, 3.63) is 69.1 Å². The second kappa shape index (κ2) is 7.57. The van der Waals surface area contributed by atoms with E-state index in [1.807, 2.05) is 0 Å². The fourth-order valence-electron chi connectivity index (χ4n) is 2.48. The third-order valence-corrected chi connectivity index (χ3v) is 5.29. The molecular weight excluding hydrogens is 435 g/mol. The highest BCUT2D eigenvalue weighted by atomic mass is 35.5. The summed E-state index contributed by atoms with van der Waals surface area (Å²) >= 11 is 11.6. The van der Waals surface area contributed by atoms with Crippen molar-refractivity contribution in [2.45, 2.75) is 6.18 Å². The zero-order chi connectivity index (χ0) is 20.6. The number of hydrogen-bond donors (Lipinski definition) is 1. The van der Waals surface area contributed by atoms with Crippen LogP contribution in [0, 0.1) is 0 Å². The minimum Gasteiger partial charge on any atom is -0.478 e. The van der Waals surface area contributed by atoms with Gasteiger partial charge < -0.3 is 5.11 Å². The molecule has 3 rings (SSSR count). The molecule has 0 aliphatic carbocycles. The van der Waals surface area contributed by atoms with Crippen molar-refractivity contribution in [1.82, 2.24) is 0 Å². The maximum absolute atomic E-state index is 13.4. The third-order valence-electron chi connectivity index (χ3n) is 3.75. The molecule has 144 valence electrons. The lowest BCUT2D eigenvalue weighted by atomic mass is 10.1. The fraction of sp³-hybridized carbons (Fsp3) is 0.0556. The molecule has 0 saturated carbocycles. The molecule has 0 aromatic heterocycles. The number of anilines is 1. The Morgan fingerprint density at radius 3 is 2.39 bits per heavy atom. The van der Waals surface area contributed by atoms with Gasteiger partial charge >= 0.3 is 12.1 Å². The number of thioether (sulfide) groups is 1. The summed E-state index contributed by atoms with van der Waals surface area (Å²) in [6, 6.07) is 8.77. The maximum atomic E-state index is 13.4. The van der Waals surface area contributed by atoms with E-state index in [2.05, 4.69) is 0 Å². The Morgan fingerprint density at radius 2 is 1.82 bits per heavy atom. The Bertz CT molecular complexity index is 1020. The molecule has 1 aliphatic heterocycles. The Morgan fingerprint density at radius 1 is 1.18 bits per heavy atom. The zero-order valence-electron chi connectivity index (χ0n) is 13.7. The van der Waals surface area contributed by atoms with E-state index in [-0.39, 0.29) is 19.8 Å². The summed E-state index contributed by atoms with van der Waals surface area (Å²) in [5, 5.41) is 8.79. The molecule has 1 N–H and O–H groups in total. The minimum atomic E-state index is -4.72. The number of alkyl halides is 3. The van der Waals surface area contributed by atoms with Crippen LogP contribution in [0.15, 0.2) is 47.4 Å². The second-order valence-corrected chi connectivity index (χ2v) is 7.72. The highest BCUT2D eigenvalue weighted by molar-refractivity contribution is 8.27. The Hall–Kier alpha value is -2.36. The van der Waals surface area contributed by atoms with Crippen molar-refractivity contribution < 1.29 is 27.9 Å². The van der Waals surface area contributed by atoms with E-state index in [0.717, 1.165) is 28.8 Å². The van der Waals surface area contributed by atoms with Gasteiger partial charge in [-0.2, -0.15) is 13.2 Å². The first-order chi connectivity index (χ1) is 13.1. The van der Waals surface area contributed by atoms with Crippen LogP contribution in [-0.4, -0.2) is 21.3 Å². The molecule has 0 radical (unpaired) electrons. The number of hydrogen-bond acceptors (Lipinski definition) is 4. The number of aromatic carboxylic acids is 1. The van der Waals surface area contributed by atoms with E-state index in [0.29, 0.717) is 5.56 Å². The molecule has 0 unspecified atom stereocenters. The van der Waals surface area contributed by atoms with Crippen molar-refractivity contribution in [3.8, 4) is 0 Å². The number of carbonyl (C=O) groups excluding carboxylic acids is 1. The fourth-order valence-corrected chi connectivity index (χ4v) is 3.94. The van der Waals surface area contributed by atoms with Crippen LogP contribution in [0.4, 0.5) is 18.9 Å². The summed E-state index contributed by atoms with van der Waals surface area (Å²) in [4.78, 5) is 24.5. The molecule has 1 saturated heterocycles. The molecule has 2 aromatic carbocycles. The molecule has 2 aromatic rings. The number of carboxylic acids is 1. The first-order valence-corrected chi connectivity index (χ1v) is 9.16. The Balaban J connectivity index is 1.98. The Kier molecular flexibility index (Phi) is 5.51. The zero-order valence-corrected chi connectivity index (χ0v) is 16.0. The van der Waals surface area contributed by atoms with Crippen molar-refractivity contribution in [2.75, 3.05) is 4.90 Å². The quantitative estimate of drug-likeness (QED) is 0.504. The SMILES string of the molecule is O=C(O)c1ccc(/C=C2/SC(=S)N(c3ccc(Cl)cc3C(F)(F)F)C2=O)cc1. The van der Waals surface area contributed by atoms with E-state index in [4.69, 9.17) is 28.9 Å². The number of rotatable bonds is 3. The molecule has 0 spiro atoms. The summed E-state index contributed by atoms with van der Waals surface area (Å²) in [7, 11) is 0. The van der Waals surface area contributed by atoms with Gasteiger partial charge in [-0.25, -0.2) is 4.79 Å². The van der Waals surface area contributed by atoms with E-state index in [1.54, 1.807) is 0 Å². The maximum Gasteiger partial charge on any atom is 0.418 e. The first-order valence-electron chi connectivity index (χ1n) is 7.56. The van der Waals surface area contributed by atoms with Gasteiger partial charge in [0.1, 0.15) is 0 Å². The number of thiocarbonyl (C=S) groups is 1. The van der Waals surface area contributed by atoms with Crippen LogP contribution in [0.25, 0.3) is 6.08 Å². The predicted molar refractivity (Wildman–Crippen MR) is 106 cm³/mol. The number of amides is 1. The number of halogens is 4. The van der Waals surface area contributed by atoms with Crippen LogP contribution in [0.3, 0.4) is 0 Å². The van der Waals surface area contributed by atoms with Crippen LogP contribution >= 0.6 is 35.6 Å². The molecule has 1 fully saturated rings. The molecular formula is C18H9ClF3NO3S2. The van der Waals surface area contributed by atoms with Crippen LogP contribution in [0.5, 0.6) is 0 Å². The standard InChI is InChI=1S/C18H9ClF3NO3S2/c19-11-5-6-13(12(8-11)18(20,21)22)23-15(24)14(28-17(23)27)7-9-1-3-10(4-2-9)16(25)26/h1-8H,(H,25,26)/b14-7+. The highest BCUT2D eigenvalue weighted by Crippen LogP contribution is 2.43. The van der Waals surface area contributed by atoms with Crippen molar-refractivity contribution in [2.24, 2.45) is 0 Å². The van der Waals surface area contributed by atoms with Gasteiger partial charge in [0.25, 0.3) is 5.91 Å². The lowest BCUT2D eigenvalue weighted by Crippen LogP contribution is -2.29. The normalized spacial score (nSPS) is 16.1. The molecule has 10 heteroatoms. The summed E-state index contributed by atoms with van der Waals surface area (Å²) in [5.74, 6) is -1.80. The lowest BCUT2D eigenvalue weighted by molar-refractivity contribution is -0.137.